The Morgan fingerprint density at radius 2 is 1.88 bits per heavy atom. The molecule has 0 saturated carbocycles. The number of amides is 1. The minimum absolute atomic E-state index is 0.121. The van der Waals surface area contributed by atoms with Crippen LogP contribution in [0.4, 0.5) is 13.2 Å². The number of aryl methyl sites for hydroxylation is 1. The molecule has 0 spiro atoms. The highest BCUT2D eigenvalue weighted by Crippen LogP contribution is 2.33. The number of likely N-dealkylation sites (tertiary alicyclic amines) is 1. The standard InChI is InChI=1S/C23H27F3N4O2/c1-15(2)8-11-29-12-9-17(10-13-29)27-22(32)21-20(31)14-16(3)30(28-21)19-7-5-4-6-18(19)23(24,25)26/h4-8,14,17H,9-13H2,1-3H3,(H,27,32). The lowest BCUT2D eigenvalue weighted by molar-refractivity contribution is -0.137. The molecule has 1 aliphatic rings. The summed E-state index contributed by atoms with van der Waals surface area (Å²) in [6.45, 7) is 8.03. The summed E-state index contributed by atoms with van der Waals surface area (Å²) < 4.78 is 41.4. The number of nitrogens with one attached hydrogen (secondary N) is 1. The Morgan fingerprint density at radius 1 is 1.22 bits per heavy atom. The van der Waals surface area contributed by atoms with Crippen molar-refractivity contribution < 1.29 is 18.0 Å². The van der Waals surface area contributed by atoms with Gasteiger partial charge in [0.1, 0.15) is 0 Å². The average molecular weight is 448 g/mol. The van der Waals surface area contributed by atoms with Gasteiger partial charge in [-0.2, -0.15) is 18.3 Å². The van der Waals surface area contributed by atoms with Crippen LogP contribution in [0.2, 0.25) is 0 Å². The number of aromatic nitrogens is 2. The van der Waals surface area contributed by atoms with Gasteiger partial charge in [-0.1, -0.05) is 23.8 Å². The first-order chi connectivity index (χ1) is 15.1. The molecule has 1 fully saturated rings. The molecule has 32 heavy (non-hydrogen) atoms. The number of nitrogens with zero attached hydrogens (tertiary/aromatic N) is 3. The van der Waals surface area contributed by atoms with Crippen molar-refractivity contribution in [3.8, 4) is 5.69 Å². The molecule has 1 aromatic heterocycles. The van der Waals surface area contributed by atoms with Crippen LogP contribution in [0.5, 0.6) is 0 Å². The van der Waals surface area contributed by atoms with Crippen molar-refractivity contribution in [2.75, 3.05) is 19.6 Å². The molecule has 3 rings (SSSR count). The number of benzene rings is 1. The van der Waals surface area contributed by atoms with E-state index in [0.29, 0.717) is 0 Å². The van der Waals surface area contributed by atoms with E-state index in [1.54, 1.807) is 0 Å². The molecule has 0 radical (unpaired) electrons. The highest BCUT2D eigenvalue weighted by Gasteiger charge is 2.34. The smallest absolute Gasteiger partial charge is 0.348 e. The van der Waals surface area contributed by atoms with Crippen molar-refractivity contribution >= 4 is 5.91 Å². The van der Waals surface area contributed by atoms with Crippen LogP contribution >= 0.6 is 0 Å². The normalized spacial score (nSPS) is 15.4. The first kappa shape index (κ1) is 23.7. The van der Waals surface area contributed by atoms with Crippen molar-refractivity contribution in [3.63, 3.8) is 0 Å². The van der Waals surface area contributed by atoms with Crippen LogP contribution < -0.4 is 10.7 Å². The third kappa shape index (κ3) is 5.64. The van der Waals surface area contributed by atoms with Gasteiger partial charge in [0.2, 0.25) is 5.43 Å². The molecule has 1 amide bonds. The van der Waals surface area contributed by atoms with Crippen LogP contribution in [-0.2, 0) is 6.18 Å². The minimum atomic E-state index is -4.60. The number of halogens is 3. The minimum Gasteiger partial charge on any atom is -0.348 e. The van der Waals surface area contributed by atoms with Gasteiger partial charge in [0.25, 0.3) is 5.91 Å². The summed E-state index contributed by atoms with van der Waals surface area (Å²) in [5.41, 5.74) is -0.722. The monoisotopic (exact) mass is 448 g/mol. The molecule has 6 nitrogen and oxygen atoms in total. The molecule has 1 aromatic carbocycles. The van der Waals surface area contributed by atoms with E-state index in [0.717, 1.165) is 49.3 Å². The van der Waals surface area contributed by atoms with E-state index in [1.165, 1.54) is 30.7 Å². The Bertz CT molecular complexity index is 1060. The fraction of sp³-hybridized carbons (Fsp3) is 0.435. The van der Waals surface area contributed by atoms with Gasteiger partial charge in [-0.15, -0.1) is 0 Å². The number of hydrogen-bond acceptors (Lipinski definition) is 4. The van der Waals surface area contributed by atoms with Crippen LogP contribution in [0.3, 0.4) is 0 Å². The second-order valence-corrected chi connectivity index (χ2v) is 8.26. The number of para-hydroxylation sites is 1. The Morgan fingerprint density at radius 3 is 2.50 bits per heavy atom. The van der Waals surface area contributed by atoms with E-state index in [-0.39, 0.29) is 17.4 Å². The number of allylic oxidation sites excluding steroid dienone is 1. The van der Waals surface area contributed by atoms with Crippen molar-refractivity contribution in [2.45, 2.75) is 45.8 Å². The third-order valence-electron chi connectivity index (χ3n) is 5.44. The summed E-state index contributed by atoms with van der Waals surface area (Å²) in [4.78, 5) is 27.5. The van der Waals surface area contributed by atoms with Gasteiger partial charge in [0.05, 0.1) is 11.3 Å². The second kappa shape index (κ2) is 9.68. The number of hydrogen-bond donors (Lipinski definition) is 1. The third-order valence-corrected chi connectivity index (χ3v) is 5.44. The molecule has 0 bridgehead atoms. The summed E-state index contributed by atoms with van der Waals surface area (Å²) in [7, 11) is 0. The summed E-state index contributed by atoms with van der Waals surface area (Å²) >= 11 is 0. The highest BCUT2D eigenvalue weighted by atomic mass is 19.4. The van der Waals surface area contributed by atoms with Gasteiger partial charge in [0, 0.05) is 37.4 Å². The van der Waals surface area contributed by atoms with Gasteiger partial charge in [0.15, 0.2) is 5.69 Å². The first-order valence-electron chi connectivity index (χ1n) is 10.5. The maximum Gasteiger partial charge on any atom is 0.418 e. The largest absolute Gasteiger partial charge is 0.418 e. The van der Waals surface area contributed by atoms with Gasteiger partial charge in [-0.05, 0) is 45.7 Å². The predicted molar refractivity (Wildman–Crippen MR) is 116 cm³/mol. The maximum atomic E-state index is 13.5. The summed E-state index contributed by atoms with van der Waals surface area (Å²) in [6, 6.07) is 5.95. The van der Waals surface area contributed by atoms with E-state index >= 15 is 0 Å². The molecular weight excluding hydrogens is 421 g/mol. The number of carbonyl (C=O) groups excluding carboxylic acids is 1. The lowest BCUT2D eigenvalue weighted by Crippen LogP contribution is -2.46. The molecular formula is C23H27F3N4O2. The Hall–Kier alpha value is -2.94. The van der Waals surface area contributed by atoms with Crippen molar-refractivity contribution in [2.24, 2.45) is 0 Å². The summed E-state index contributed by atoms with van der Waals surface area (Å²) in [5, 5.41) is 6.84. The average Bonchev–Trinajstić information content (AvgIpc) is 2.72. The molecule has 0 unspecified atom stereocenters. The molecule has 1 aliphatic heterocycles. The SMILES string of the molecule is CC(C)=CCN1CCC(NC(=O)c2nn(-c3ccccc3C(F)(F)F)c(C)cc2=O)CC1. The van der Waals surface area contributed by atoms with Crippen LogP contribution in [0.15, 0.2) is 46.8 Å². The van der Waals surface area contributed by atoms with Gasteiger partial charge >= 0.3 is 6.18 Å². The molecule has 2 heterocycles. The van der Waals surface area contributed by atoms with Crippen LogP contribution in [-0.4, -0.2) is 46.3 Å². The summed E-state index contributed by atoms with van der Waals surface area (Å²) in [5.74, 6) is -0.670. The number of rotatable bonds is 5. The zero-order valence-corrected chi connectivity index (χ0v) is 18.4. The van der Waals surface area contributed by atoms with Crippen molar-refractivity contribution in [1.29, 1.82) is 0 Å². The zero-order valence-electron chi connectivity index (χ0n) is 18.4. The van der Waals surface area contributed by atoms with Crippen molar-refractivity contribution in [1.82, 2.24) is 20.0 Å². The molecule has 0 aliphatic carbocycles. The molecule has 9 heteroatoms. The number of carbonyl (C=O) groups is 1. The Labute approximate surface area is 184 Å². The lowest BCUT2D eigenvalue weighted by atomic mass is 10.0. The van der Waals surface area contributed by atoms with E-state index < -0.39 is 28.8 Å². The van der Waals surface area contributed by atoms with Crippen molar-refractivity contribution in [3.05, 3.63) is 69.2 Å². The topological polar surface area (TPSA) is 67.2 Å². The maximum absolute atomic E-state index is 13.5. The molecule has 172 valence electrons. The second-order valence-electron chi connectivity index (χ2n) is 8.26. The number of alkyl halides is 3. The molecule has 1 saturated heterocycles. The Balaban J connectivity index is 1.80. The van der Waals surface area contributed by atoms with E-state index in [9.17, 15) is 22.8 Å². The lowest BCUT2D eigenvalue weighted by Gasteiger charge is -2.31. The predicted octanol–water partition coefficient (Wildman–Crippen LogP) is 3.72. The van der Waals surface area contributed by atoms with Crippen LogP contribution in [0.1, 0.15) is 48.4 Å². The van der Waals surface area contributed by atoms with E-state index in [4.69, 9.17) is 0 Å². The summed E-state index contributed by atoms with van der Waals surface area (Å²) in [6.07, 6.45) is -1.01. The zero-order chi connectivity index (χ0) is 23.5. The molecule has 1 N–H and O–H groups in total. The fourth-order valence-electron chi connectivity index (χ4n) is 3.67. The molecule has 2 aromatic rings. The van der Waals surface area contributed by atoms with Gasteiger partial charge in [-0.3, -0.25) is 14.5 Å². The Kier molecular flexibility index (Phi) is 7.18. The van der Waals surface area contributed by atoms with E-state index in [1.807, 2.05) is 13.8 Å². The highest BCUT2D eigenvalue weighted by molar-refractivity contribution is 5.92. The number of piperidine rings is 1. The quantitative estimate of drug-likeness (QED) is 0.708. The molecule has 0 atom stereocenters. The van der Waals surface area contributed by atoms with Crippen LogP contribution in [0.25, 0.3) is 5.69 Å². The van der Waals surface area contributed by atoms with Gasteiger partial charge in [-0.25, -0.2) is 4.68 Å². The van der Waals surface area contributed by atoms with Gasteiger partial charge < -0.3 is 5.32 Å². The van der Waals surface area contributed by atoms with E-state index in [2.05, 4.69) is 21.4 Å². The fourth-order valence-corrected chi connectivity index (χ4v) is 3.67. The first-order valence-corrected chi connectivity index (χ1v) is 10.5. The van der Waals surface area contributed by atoms with Crippen LogP contribution in [0, 0.1) is 6.92 Å².